The first-order valence-corrected chi connectivity index (χ1v) is 8.09. The van der Waals surface area contributed by atoms with Crippen molar-refractivity contribution >= 4 is 57.4 Å². The second-order valence-electron chi connectivity index (χ2n) is 5.97. The summed E-state index contributed by atoms with van der Waals surface area (Å²) in [5, 5.41) is 126. The van der Waals surface area contributed by atoms with Crippen LogP contribution in [0.1, 0.15) is 0 Å². The summed E-state index contributed by atoms with van der Waals surface area (Å²) in [5.41, 5.74) is 0. The zero-order valence-corrected chi connectivity index (χ0v) is 19.4. The van der Waals surface area contributed by atoms with Crippen LogP contribution in [0.4, 0.5) is 0 Å². The number of rotatable bonds is 12. The number of aliphatic hydroxyl groups excluding tert-OH is 12. The van der Waals surface area contributed by atoms with Crippen LogP contribution < -0.4 is 10.2 Å². The molecule has 0 heterocycles. The van der Waals surface area contributed by atoms with E-state index in [-0.39, 0.29) is 45.5 Å². The van der Waals surface area contributed by atoms with Crippen LogP contribution in [0.25, 0.3) is 0 Å². The largest absolute Gasteiger partial charge is 2.00 e. The number of hydrogen-bond donors (Lipinski definition) is 12. The van der Waals surface area contributed by atoms with Crippen molar-refractivity contribution in [3.63, 3.8) is 0 Å². The summed E-state index contributed by atoms with van der Waals surface area (Å²) in [6, 6.07) is 0. The van der Waals surface area contributed by atoms with Crippen molar-refractivity contribution in [2.75, 3.05) is 13.2 Å². The Kier molecular flexibility index (Phi) is 20.0. The van der Waals surface area contributed by atoms with E-state index in [0.29, 0.717) is 0 Å². The van der Waals surface area contributed by atoms with Crippen LogP contribution in [0.2, 0.25) is 0 Å². The van der Waals surface area contributed by atoms with Gasteiger partial charge in [-0.15, -0.1) is 0 Å². The SMILES string of the molecule is O=C([O-])[C@H](O)[C@H](O)[C@H](O)[C@@H](O)[C@H](O)CO.O=C([O-])[C@H](O)[C@H](O)[C@H](O)[C@@H](O)[C@H](O)CO.[Sr+2]. The third kappa shape index (κ3) is 12.1. The number of aliphatic carboxylic acids is 2. The molecule has 16 nitrogen and oxygen atoms in total. The molecule has 0 aliphatic heterocycles. The molecule has 0 aromatic heterocycles. The van der Waals surface area contributed by atoms with E-state index in [9.17, 15) is 19.8 Å². The van der Waals surface area contributed by atoms with E-state index in [0.717, 1.165) is 0 Å². The Morgan fingerprint density at radius 3 is 0.903 bits per heavy atom. The summed E-state index contributed by atoms with van der Waals surface area (Å²) in [5.74, 6) is -4.07. The van der Waals surface area contributed by atoms with Gasteiger partial charge in [0.05, 0.1) is 25.2 Å². The van der Waals surface area contributed by atoms with Crippen molar-refractivity contribution < 1.29 is 81.1 Å². The van der Waals surface area contributed by atoms with E-state index in [4.69, 9.17) is 61.3 Å². The fourth-order valence-electron chi connectivity index (χ4n) is 1.73. The number of carbonyl (C=O) groups is 2. The van der Waals surface area contributed by atoms with Crippen LogP contribution >= 0.6 is 0 Å². The second-order valence-corrected chi connectivity index (χ2v) is 5.97. The quantitative estimate of drug-likeness (QED) is 0.103. The minimum absolute atomic E-state index is 0. The van der Waals surface area contributed by atoms with Crippen molar-refractivity contribution in [3.8, 4) is 0 Å². The predicted octanol–water partition coefficient (Wildman–Crippen LogP) is -11.3. The van der Waals surface area contributed by atoms with Gasteiger partial charge in [-0.05, 0) is 0 Å². The van der Waals surface area contributed by atoms with Gasteiger partial charge < -0.3 is 81.1 Å². The summed E-state index contributed by atoms with van der Waals surface area (Å²) < 4.78 is 0. The van der Waals surface area contributed by atoms with E-state index in [2.05, 4.69) is 0 Å². The van der Waals surface area contributed by atoms with E-state index in [1.165, 1.54) is 0 Å². The number of carboxylic acid groups (broad SMARTS) is 2. The first kappa shape index (κ1) is 35.5. The molecule has 0 unspecified atom stereocenters. The maximum Gasteiger partial charge on any atom is 2.00 e. The molecule has 31 heavy (non-hydrogen) atoms. The zero-order chi connectivity index (χ0) is 24.3. The molecule has 0 amide bonds. The molecule has 0 aliphatic carbocycles. The van der Waals surface area contributed by atoms with Gasteiger partial charge in [-0.25, -0.2) is 0 Å². The Morgan fingerprint density at radius 1 is 0.516 bits per heavy atom. The van der Waals surface area contributed by atoms with Crippen molar-refractivity contribution in [1.82, 2.24) is 0 Å². The molecule has 0 radical (unpaired) electrons. The molecule has 0 rings (SSSR count). The average Bonchev–Trinajstić information content (AvgIpc) is 2.73. The van der Waals surface area contributed by atoms with Gasteiger partial charge in [0.15, 0.2) is 0 Å². The fraction of sp³-hybridized carbons (Fsp3) is 0.857. The molecule has 0 spiro atoms. The minimum Gasteiger partial charge on any atom is -0.547 e. The van der Waals surface area contributed by atoms with E-state index in [1.54, 1.807) is 0 Å². The first-order valence-electron chi connectivity index (χ1n) is 8.09. The van der Waals surface area contributed by atoms with Crippen LogP contribution in [0.15, 0.2) is 0 Å². The molecular formula is C14H26O16Sr. The second kappa shape index (κ2) is 17.4. The molecule has 0 aliphatic rings. The Morgan fingerprint density at radius 2 is 0.742 bits per heavy atom. The number of carboxylic acids is 2. The third-order valence-corrected chi connectivity index (χ3v) is 3.69. The maximum absolute atomic E-state index is 10.1. The Bertz CT molecular complexity index is 465. The van der Waals surface area contributed by atoms with Gasteiger partial charge in [-0.3, -0.25) is 0 Å². The standard InChI is InChI=1S/2C7H14O8.Sr/c2*8-1-2(9)3(10)4(11)5(12)6(13)7(14)15;/h2*2-6,8-13H,1H2,(H,14,15);/q;;+2/p-2/t2*2-,3+,4-,5-,6-;/m11./s1. The van der Waals surface area contributed by atoms with Crippen molar-refractivity contribution in [2.45, 2.75) is 61.0 Å². The Balaban J connectivity index is -0.000000490. The molecule has 0 aromatic carbocycles. The molecule has 0 aromatic rings. The molecule has 180 valence electrons. The number of hydrogen-bond acceptors (Lipinski definition) is 16. The molecule has 0 fully saturated rings. The molecule has 0 bridgehead atoms. The number of aliphatic hydroxyl groups is 12. The van der Waals surface area contributed by atoms with Crippen LogP contribution in [0.3, 0.4) is 0 Å². The van der Waals surface area contributed by atoms with Gasteiger partial charge in [0.2, 0.25) is 0 Å². The van der Waals surface area contributed by atoms with Gasteiger partial charge >= 0.3 is 45.5 Å². The predicted molar refractivity (Wildman–Crippen MR) is 90.0 cm³/mol. The van der Waals surface area contributed by atoms with Gasteiger partial charge in [-0.1, -0.05) is 0 Å². The van der Waals surface area contributed by atoms with Crippen LogP contribution in [0.5, 0.6) is 0 Å². The molecule has 0 saturated heterocycles. The maximum atomic E-state index is 10.1. The van der Waals surface area contributed by atoms with Crippen LogP contribution in [-0.2, 0) is 9.59 Å². The summed E-state index contributed by atoms with van der Waals surface area (Å²) in [7, 11) is 0. The molecule has 0 saturated carbocycles. The van der Waals surface area contributed by atoms with Crippen molar-refractivity contribution in [1.29, 1.82) is 0 Å². The molecule has 17 heteroatoms. The Hall–Kier alpha value is -0.0595. The van der Waals surface area contributed by atoms with E-state index < -0.39 is 86.2 Å². The molecule has 10 atom stereocenters. The summed E-state index contributed by atoms with van der Waals surface area (Å²) in [6.07, 6.45) is -21.0. The van der Waals surface area contributed by atoms with E-state index in [1.807, 2.05) is 0 Å². The Labute approximate surface area is 211 Å². The smallest absolute Gasteiger partial charge is 0.547 e. The fourth-order valence-corrected chi connectivity index (χ4v) is 1.73. The van der Waals surface area contributed by atoms with Crippen molar-refractivity contribution in [2.24, 2.45) is 0 Å². The van der Waals surface area contributed by atoms with Crippen molar-refractivity contribution in [3.05, 3.63) is 0 Å². The molecular weight excluding hydrogens is 512 g/mol. The number of carbonyl (C=O) groups excluding carboxylic acids is 2. The summed E-state index contributed by atoms with van der Waals surface area (Å²) in [6.45, 7) is -1.79. The minimum atomic E-state index is -2.40. The van der Waals surface area contributed by atoms with Crippen LogP contribution in [0, 0.1) is 0 Å². The van der Waals surface area contributed by atoms with Gasteiger partial charge in [-0.2, -0.15) is 0 Å². The third-order valence-electron chi connectivity index (χ3n) is 3.69. The normalized spacial score (nSPS) is 20.8. The first-order chi connectivity index (χ1) is 13.6. The van der Waals surface area contributed by atoms with Crippen LogP contribution in [-0.4, -0.2) is 193 Å². The monoisotopic (exact) mass is 538 g/mol. The average molecular weight is 538 g/mol. The summed E-state index contributed by atoms with van der Waals surface area (Å²) >= 11 is 0. The van der Waals surface area contributed by atoms with Gasteiger partial charge in [0.25, 0.3) is 0 Å². The van der Waals surface area contributed by atoms with Gasteiger partial charge in [0, 0.05) is 0 Å². The van der Waals surface area contributed by atoms with E-state index >= 15 is 0 Å². The zero-order valence-electron chi connectivity index (χ0n) is 15.9. The molecule has 12 N–H and O–H groups in total. The topological polar surface area (TPSA) is 323 Å². The summed E-state index contributed by atoms with van der Waals surface area (Å²) in [4.78, 5) is 20.2. The van der Waals surface area contributed by atoms with Gasteiger partial charge in [0.1, 0.15) is 61.0 Å².